The Kier molecular flexibility index (Phi) is 7.23. The fourth-order valence-electron chi connectivity index (χ4n) is 2.62. The molecule has 4 rings (SSSR count). The van der Waals surface area contributed by atoms with E-state index in [0.29, 0.717) is 11.4 Å². The summed E-state index contributed by atoms with van der Waals surface area (Å²) < 4.78 is 29.9. The summed E-state index contributed by atoms with van der Waals surface area (Å²) in [6.07, 6.45) is 4.22. The van der Waals surface area contributed by atoms with Crippen LogP contribution < -0.4 is 15.4 Å². The van der Waals surface area contributed by atoms with Gasteiger partial charge in [-0.2, -0.15) is 8.78 Å². The first-order chi connectivity index (χ1) is 14.1. The zero-order valence-electron chi connectivity index (χ0n) is 15.6. The Morgan fingerprint density at radius 2 is 1.76 bits per heavy atom. The number of carbonyl (C=O) groups is 1. The molecular weight excluding hydrogens is 380 g/mol. The highest BCUT2D eigenvalue weighted by Crippen LogP contribution is 2.17. The van der Waals surface area contributed by atoms with Crippen LogP contribution in [-0.2, 0) is 0 Å². The molecule has 1 saturated heterocycles. The lowest BCUT2D eigenvalue weighted by molar-refractivity contribution is -0.0498. The Morgan fingerprint density at radius 1 is 1.07 bits per heavy atom. The van der Waals surface area contributed by atoms with Gasteiger partial charge in [0.15, 0.2) is 5.69 Å². The topological polar surface area (TPSA) is 81.1 Å². The Hall–Kier alpha value is -3.33. The molecule has 3 aromatic rings. The van der Waals surface area contributed by atoms with Gasteiger partial charge in [0.25, 0.3) is 5.91 Å². The van der Waals surface area contributed by atoms with Crippen LogP contribution in [0.2, 0.25) is 0 Å². The van der Waals surface area contributed by atoms with Crippen LogP contribution >= 0.6 is 0 Å². The number of alkyl halides is 2. The van der Waals surface area contributed by atoms with Gasteiger partial charge >= 0.3 is 6.61 Å². The first-order valence-electron chi connectivity index (χ1n) is 9.16. The maximum Gasteiger partial charge on any atom is 0.387 e. The van der Waals surface area contributed by atoms with Gasteiger partial charge in [0.05, 0.1) is 11.9 Å². The zero-order chi connectivity index (χ0) is 20.5. The average Bonchev–Trinajstić information content (AvgIpc) is 3.44. The molecule has 9 heteroatoms. The van der Waals surface area contributed by atoms with Crippen molar-refractivity contribution in [3.05, 3.63) is 66.5 Å². The van der Waals surface area contributed by atoms with Crippen molar-refractivity contribution in [3.8, 4) is 11.4 Å². The summed E-state index contributed by atoms with van der Waals surface area (Å²) in [5, 5.41) is 13.6. The fraction of sp³-hybridized carbons (Fsp3) is 0.250. The number of benzene rings is 2. The second-order valence-electron chi connectivity index (χ2n) is 6.20. The van der Waals surface area contributed by atoms with Crippen LogP contribution in [0, 0.1) is 0 Å². The second kappa shape index (κ2) is 10.3. The summed E-state index contributed by atoms with van der Waals surface area (Å²) in [6.45, 7) is -0.379. The largest absolute Gasteiger partial charge is 0.435 e. The molecule has 1 fully saturated rings. The molecule has 1 aromatic heterocycles. The molecule has 7 nitrogen and oxygen atoms in total. The number of aromatic nitrogens is 3. The van der Waals surface area contributed by atoms with Crippen molar-refractivity contribution in [2.75, 3.05) is 18.4 Å². The first-order valence-corrected chi connectivity index (χ1v) is 9.16. The highest BCUT2D eigenvalue weighted by Gasteiger charge is 2.12. The number of nitrogens with zero attached hydrogens (tertiary/aromatic N) is 3. The summed E-state index contributed by atoms with van der Waals surface area (Å²) in [6, 6.07) is 14.8. The number of nitrogens with one attached hydrogen (secondary N) is 2. The molecular formula is C20H21F2N5O2. The van der Waals surface area contributed by atoms with Crippen LogP contribution in [0.1, 0.15) is 23.3 Å². The van der Waals surface area contributed by atoms with Gasteiger partial charge in [-0.1, -0.05) is 23.4 Å². The van der Waals surface area contributed by atoms with E-state index < -0.39 is 12.5 Å². The van der Waals surface area contributed by atoms with Gasteiger partial charge in [0.2, 0.25) is 0 Å². The number of hydrogen-bond donors (Lipinski definition) is 2. The van der Waals surface area contributed by atoms with Gasteiger partial charge in [-0.15, -0.1) is 5.10 Å². The maximum atomic E-state index is 12.1. The molecule has 0 spiro atoms. The van der Waals surface area contributed by atoms with Gasteiger partial charge < -0.3 is 15.4 Å². The minimum Gasteiger partial charge on any atom is -0.435 e. The van der Waals surface area contributed by atoms with Crippen LogP contribution in [0.15, 0.2) is 60.8 Å². The minimum atomic E-state index is -2.88. The quantitative estimate of drug-likeness (QED) is 0.684. The number of halogens is 2. The predicted octanol–water partition coefficient (Wildman–Crippen LogP) is 3.49. The molecule has 0 radical (unpaired) electrons. The molecule has 0 unspecified atom stereocenters. The molecule has 1 aliphatic heterocycles. The van der Waals surface area contributed by atoms with Gasteiger partial charge in [0.1, 0.15) is 5.75 Å². The molecule has 0 aliphatic carbocycles. The Morgan fingerprint density at radius 3 is 2.34 bits per heavy atom. The van der Waals surface area contributed by atoms with E-state index >= 15 is 0 Å². The number of carbonyl (C=O) groups excluding carboxylic acids is 1. The van der Waals surface area contributed by atoms with Crippen molar-refractivity contribution >= 4 is 11.6 Å². The van der Waals surface area contributed by atoms with Gasteiger partial charge in [0, 0.05) is 5.69 Å². The molecule has 0 atom stereocenters. The van der Waals surface area contributed by atoms with E-state index in [0.717, 1.165) is 0 Å². The number of ether oxygens (including phenoxy) is 1. The predicted molar refractivity (Wildman–Crippen MR) is 104 cm³/mol. The molecule has 2 N–H and O–H groups in total. The molecule has 1 amide bonds. The standard InChI is InChI=1S/C16H12F2N4O2.C4H9N/c17-16(18)24-13-8-6-12(7-9-13)22-10-14(20-21-22)15(23)19-11-4-2-1-3-5-11;1-2-4-5-3-1/h1-10,16H,(H,19,23);5H,1-4H2. The van der Waals surface area contributed by atoms with Crippen LogP contribution in [0.3, 0.4) is 0 Å². The van der Waals surface area contributed by atoms with E-state index in [-0.39, 0.29) is 11.4 Å². The van der Waals surface area contributed by atoms with E-state index in [1.165, 1.54) is 61.1 Å². The second-order valence-corrected chi connectivity index (χ2v) is 6.20. The van der Waals surface area contributed by atoms with Crippen molar-refractivity contribution in [1.29, 1.82) is 0 Å². The molecule has 0 bridgehead atoms. The third-order valence-corrected chi connectivity index (χ3v) is 4.04. The van der Waals surface area contributed by atoms with Crippen molar-refractivity contribution in [2.45, 2.75) is 19.5 Å². The number of amides is 1. The van der Waals surface area contributed by atoms with Crippen molar-refractivity contribution in [1.82, 2.24) is 20.3 Å². The molecule has 152 valence electrons. The van der Waals surface area contributed by atoms with Crippen molar-refractivity contribution in [2.24, 2.45) is 0 Å². The minimum absolute atomic E-state index is 0.0379. The lowest BCUT2D eigenvalue weighted by Gasteiger charge is -2.05. The van der Waals surface area contributed by atoms with E-state index in [1.54, 1.807) is 24.3 Å². The number of rotatable bonds is 5. The highest BCUT2D eigenvalue weighted by molar-refractivity contribution is 6.02. The lowest BCUT2D eigenvalue weighted by Crippen LogP contribution is -2.12. The van der Waals surface area contributed by atoms with Gasteiger partial charge in [-0.25, -0.2) is 4.68 Å². The summed E-state index contributed by atoms with van der Waals surface area (Å²) in [4.78, 5) is 12.1. The Bertz CT molecular complexity index is 889. The van der Waals surface area contributed by atoms with E-state index in [1.807, 2.05) is 6.07 Å². The number of anilines is 1. The average molecular weight is 401 g/mol. The molecule has 1 aliphatic rings. The lowest BCUT2D eigenvalue weighted by atomic mass is 10.3. The molecule has 2 aromatic carbocycles. The smallest absolute Gasteiger partial charge is 0.387 e. The highest BCUT2D eigenvalue weighted by atomic mass is 19.3. The normalized spacial score (nSPS) is 12.9. The van der Waals surface area contributed by atoms with E-state index in [2.05, 4.69) is 25.7 Å². The summed E-state index contributed by atoms with van der Waals surface area (Å²) in [7, 11) is 0. The first kappa shape index (κ1) is 20.4. The SMILES string of the molecule is C1CCNC1.O=C(Nc1ccccc1)c1cn(-c2ccc(OC(F)F)cc2)nn1. The summed E-state index contributed by atoms with van der Waals surface area (Å²) >= 11 is 0. The monoisotopic (exact) mass is 401 g/mol. The zero-order valence-corrected chi connectivity index (χ0v) is 15.6. The van der Waals surface area contributed by atoms with Crippen LogP contribution in [-0.4, -0.2) is 40.6 Å². The van der Waals surface area contributed by atoms with Gasteiger partial charge in [-0.05, 0) is 62.3 Å². The van der Waals surface area contributed by atoms with Crippen LogP contribution in [0.5, 0.6) is 5.75 Å². The maximum absolute atomic E-state index is 12.1. The Balaban J connectivity index is 0.000000419. The van der Waals surface area contributed by atoms with Crippen molar-refractivity contribution in [3.63, 3.8) is 0 Å². The third kappa shape index (κ3) is 6.35. The summed E-state index contributed by atoms with van der Waals surface area (Å²) in [5.74, 6) is -0.360. The van der Waals surface area contributed by atoms with Crippen molar-refractivity contribution < 1.29 is 18.3 Å². The van der Waals surface area contributed by atoms with E-state index in [9.17, 15) is 13.6 Å². The number of hydrogen-bond acceptors (Lipinski definition) is 5. The summed E-state index contributed by atoms with van der Waals surface area (Å²) in [5.41, 5.74) is 1.33. The van der Waals surface area contributed by atoms with E-state index in [4.69, 9.17) is 0 Å². The molecule has 0 saturated carbocycles. The van der Waals surface area contributed by atoms with Gasteiger partial charge in [-0.3, -0.25) is 4.79 Å². The van der Waals surface area contributed by atoms with Crippen LogP contribution in [0.4, 0.5) is 14.5 Å². The third-order valence-electron chi connectivity index (χ3n) is 4.04. The number of para-hydroxylation sites is 1. The molecule has 29 heavy (non-hydrogen) atoms. The Labute approximate surface area is 166 Å². The van der Waals surface area contributed by atoms with Crippen LogP contribution in [0.25, 0.3) is 5.69 Å². The fourth-order valence-corrected chi connectivity index (χ4v) is 2.62. The molecule has 2 heterocycles.